The number of aromatic carboxylic acids is 1. The van der Waals surface area contributed by atoms with E-state index in [2.05, 4.69) is 32.9 Å². The average molecular weight is 427 g/mol. The molecular weight excluding hydrogens is 410 g/mol. The van der Waals surface area contributed by atoms with Crippen LogP contribution in [0.15, 0.2) is 45.7 Å². The average Bonchev–Trinajstić information content (AvgIpc) is 2.92. The zero-order valence-electron chi connectivity index (χ0n) is 14.8. The van der Waals surface area contributed by atoms with Gasteiger partial charge in [-0.2, -0.15) is 0 Å². The molecule has 0 aliphatic carbocycles. The number of nitrogens with one attached hydrogen (secondary N) is 2. The van der Waals surface area contributed by atoms with Crippen molar-refractivity contribution in [1.82, 2.24) is 9.78 Å². The van der Waals surface area contributed by atoms with Crippen LogP contribution >= 0.6 is 15.9 Å². The number of hydrogen-bond donors (Lipinski definition) is 2. The van der Waals surface area contributed by atoms with Gasteiger partial charge in [-0.25, -0.2) is 4.68 Å². The Kier molecular flexibility index (Phi) is 5.05. The van der Waals surface area contributed by atoms with Crippen LogP contribution in [-0.4, -0.2) is 15.7 Å². The second-order valence-corrected chi connectivity index (χ2v) is 6.97. The lowest BCUT2D eigenvalue weighted by atomic mass is 10.1. The summed E-state index contributed by atoms with van der Waals surface area (Å²) >= 11 is 3.49. The maximum Gasteiger partial charge on any atom is 0.280 e. The van der Waals surface area contributed by atoms with Gasteiger partial charge in [-0.3, -0.25) is 9.89 Å². The third-order valence-corrected chi connectivity index (χ3v) is 5.30. The number of carbonyl (C=O) groups is 1. The highest BCUT2D eigenvalue weighted by molar-refractivity contribution is 9.10. The van der Waals surface area contributed by atoms with E-state index in [9.17, 15) is 14.7 Å². The topological polar surface area (TPSA) is 90.0 Å². The van der Waals surface area contributed by atoms with Gasteiger partial charge in [0.1, 0.15) is 0 Å². The van der Waals surface area contributed by atoms with Crippen molar-refractivity contribution >= 4 is 40.4 Å². The Morgan fingerprint density at radius 1 is 1.19 bits per heavy atom. The molecule has 0 spiro atoms. The molecule has 2 aromatic carbocycles. The summed E-state index contributed by atoms with van der Waals surface area (Å²) in [5.74, 6) is -1.24. The Hall–Kier alpha value is -3.06. The highest BCUT2D eigenvalue weighted by Gasteiger charge is 2.10. The monoisotopic (exact) mass is 426 g/mol. The highest BCUT2D eigenvalue weighted by atomic mass is 79.9. The first-order chi connectivity index (χ1) is 12.8. The van der Waals surface area contributed by atoms with Crippen molar-refractivity contribution in [3.05, 3.63) is 78.5 Å². The Morgan fingerprint density at radius 3 is 2.48 bits per heavy atom. The van der Waals surface area contributed by atoms with Gasteiger partial charge in [0, 0.05) is 16.4 Å². The van der Waals surface area contributed by atoms with Crippen LogP contribution in [0.3, 0.4) is 0 Å². The molecular formula is C20H17BrN3O3-. The van der Waals surface area contributed by atoms with Gasteiger partial charge in [0.2, 0.25) is 0 Å². The van der Waals surface area contributed by atoms with Gasteiger partial charge in [-0.1, -0.05) is 34.6 Å². The molecule has 0 atom stereocenters. The molecule has 7 heteroatoms. The molecule has 3 rings (SSSR count). The fourth-order valence-electron chi connectivity index (χ4n) is 2.69. The molecule has 0 saturated heterocycles. The Labute approximate surface area is 163 Å². The van der Waals surface area contributed by atoms with Crippen molar-refractivity contribution in [3.63, 3.8) is 0 Å². The molecule has 3 aromatic rings. The van der Waals surface area contributed by atoms with E-state index in [0.717, 1.165) is 21.3 Å². The predicted molar refractivity (Wildman–Crippen MR) is 107 cm³/mol. The normalized spacial score (nSPS) is 11.6. The molecule has 1 aromatic heterocycles. The van der Waals surface area contributed by atoms with Crippen LogP contribution in [-0.2, 0) is 0 Å². The van der Waals surface area contributed by atoms with E-state index in [1.807, 2.05) is 26.0 Å². The van der Waals surface area contributed by atoms with Crippen LogP contribution in [0, 0.1) is 13.8 Å². The van der Waals surface area contributed by atoms with Crippen LogP contribution in [0.5, 0.6) is 0 Å². The second-order valence-electron chi connectivity index (χ2n) is 6.11. The lowest BCUT2D eigenvalue weighted by Crippen LogP contribution is -2.35. The van der Waals surface area contributed by atoms with Crippen molar-refractivity contribution in [2.24, 2.45) is 0 Å². The van der Waals surface area contributed by atoms with Gasteiger partial charge < -0.3 is 15.2 Å². The number of aromatic nitrogens is 2. The molecule has 0 saturated carbocycles. The number of rotatable bonds is 4. The summed E-state index contributed by atoms with van der Waals surface area (Å²) in [5, 5.41) is 17.6. The number of halogens is 1. The van der Waals surface area contributed by atoms with Crippen LogP contribution in [0.4, 0.5) is 5.69 Å². The first-order valence-corrected chi connectivity index (χ1v) is 8.93. The minimum Gasteiger partial charge on any atom is -0.545 e. The van der Waals surface area contributed by atoms with Crippen molar-refractivity contribution in [3.8, 4) is 5.69 Å². The first-order valence-electron chi connectivity index (χ1n) is 8.14. The van der Waals surface area contributed by atoms with Gasteiger partial charge in [-0.15, -0.1) is 0 Å². The fraction of sp³-hybridized carbons (Fsp3) is 0.100. The number of nitrogens with zero attached hydrogens (tertiary/aromatic N) is 1. The molecule has 6 nitrogen and oxygen atoms in total. The van der Waals surface area contributed by atoms with Crippen LogP contribution in [0.25, 0.3) is 18.5 Å². The van der Waals surface area contributed by atoms with Crippen molar-refractivity contribution < 1.29 is 9.90 Å². The number of carboxylic acid groups (broad SMARTS) is 1. The molecule has 0 bridgehead atoms. The molecule has 0 fully saturated rings. The molecule has 0 aliphatic heterocycles. The van der Waals surface area contributed by atoms with Crippen molar-refractivity contribution in [2.45, 2.75) is 13.8 Å². The number of H-pyrrole nitrogens is 1. The molecule has 1 heterocycles. The van der Waals surface area contributed by atoms with E-state index >= 15 is 0 Å². The van der Waals surface area contributed by atoms with Gasteiger partial charge in [0.05, 0.1) is 22.2 Å². The zero-order chi connectivity index (χ0) is 19.7. The SMILES string of the molecule is C=c1[nH]n(-c2ccc(Br)c(C)c2C)c(=O)c1=CNc1ccc(C(=O)[O-])cc1. The lowest BCUT2D eigenvalue weighted by molar-refractivity contribution is -0.255. The van der Waals surface area contributed by atoms with Gasteiger partial charge in [0.25, 0.3) is 5.56 Å². The number of benzene rings is 2. The van der Waals surface area contributed by atoms with Crippen molar-refractivity contribution in [2.75, 3.05) is 5.32 Å². The van der Waals surface area contributed by atoms with Gasteiger partial charge >= 0.3 is 0 Å². The fourth-order valence-corrected chi connectivity index (χ4v) is 3.12. The zero-order valence-corrected chi connectivity index (χ0v) is 16.4. The Balaban J connectivity index is 2.00. The van der Waals surface area contributed by atoms with Crippen molar-refractivity contribution in [1.29, 1.82) is 0 Å². The summed E-state index contributed by atoms with van der Waals surface area (Å²) in [6.07, 6.45) is 1.55. The minimum absolute atomic E-state index is 0.0866. The number of aromatic amines is 1. The largest absolute Gasteiger partial charge is 0.545 e. The molecule has 0 unspecified atom stereocenters. The minimum atomic E-state index is -1.24. The van der Waals surface area contributed by atoms with E-state index in [0.29, 0.717) is 16.3 Å². The molecule has 0 radical (unpaired) electrons. The first kappa shape index (κ1) is 18.7. The standard InChI is InChI=1S/C20H18BrN3O3/c1-11-12(2)18(9-8-17(11)21)24-19(25)16(13(3)23-24)10-22-15-6-4-14(5-7-15)20(26)27/h4-10,22-23H,3H2,1-2H3,(H,26,27)/p-1. The van der Waals surface area contributed by atoms with E-state index in [1.54, 1.807) is 18.3 Å². The number of hydrogen-bond acceptors (Lipinski definition) is 4. The summed E-state index contributed by atoms with van der Waals surface area (Å²) in [7, 11) is 0. The maximum atomic E-state index is 12.8. The smallest absolute Gasteiger partial charge is 0.280 e. The Morgan fingerprint density at radius 2 is 1.85 bits per heavy atom. The predicted octanol–water partition coefficient (Wildman–Crippen LogP) is 1.17. The third kappa shape index (κ3) is 3.59. The molecule has 0 amide bonds. The quantitative estimate of drug-likeness (QED) is 0.654. The number of anilines is 1. The Bertz CT molecular complexity index is 1190. The summed E-state index contributed by atoms with van der Waals surface area (Å²) in [5.41, 5.74) is 3.28. The molecule has 138 valence electrons. The van der Waals surface area contributed by atoms with Gasteiger partial charge in [0.15, 0.2) is 0 Å². The van der Waals surface area contributed by atoms with Gasteiger partial charge in [-0.05, 0) is 54.8 Å². The molecule has 27 heavy (non-hydrogen) atoms. The number of carbonyl (C=O) groups excluding carboxylic acids is 1. The van der Waals surface area contributed by atoms with Crippen LogP contribution in [0.2, 0.25) is 0 Å². The third-order valence-electron chi connectivity index (χ3n) is 4.44. The lowest BCUT2D eigenvalue weighted by Gasteiger charge is -2.10. The van der Waals surface area contributed by atoms with Crippen LogP contribution < -0.4 is 26.6 Å². The second kappa shape index (κ2) is 7.28. The molecule has 0 aliphatic rings. The van der Waals surface area contributed by atoms with Crippen LogP contribution in [0.1, 0.15) is 21.5 Å². The molecule has 2 N–H and O–H groups in total. The maximum absolute atomic E-state index is 12.8. The summed E-state index contributed by atoms with van der Waals surface area (Å²) in [6, 6.07) is 9.81. The van der Waals surface area contributed by atoms with E-state index < -0.39 is 5.97 Å². The summed E-state index contributed by atoms with van der Waals surface area (Å²) < 4.78 is 2.44. The van der Waals surface area contributed by atoms with E-state index in [-0.39, 0.29) is 11.1 Å². The van der Waals surface area contributed by atoms with E-state index in [4.69, 9.17) is 0 Å². The number of carboxylic acids is 1. The summed E-state index contributed by atoms with van der Waals surface area (Å²) in [6.45, 7) is 7.83. The van der Waals surface area contributed by atoms with E-state index in [1.165, 1.54) is 16.8 Å². The highest BCUT2D eigenvalue weighted by Crippen LogP contribution is 2.23. The summed E-state index contributed by atoms with van der Waals surface area (Å²) in [4.78, 5) is 23.6.